The van der Waals surface area contributed by atoms with Gasteiger partial charge in [0.2, 0.25) is 6.29 Å². The molecule has 2 aliphatic rings. The van der Waals surface area contributed by atoms with Crippen LogP contribution in [0.1, 0.15) is 28.4 Å². The van der Waals surface area contributed by atoms with Crippen molar-refractivity contribution in [3.8, 4) is 28.7 Å². The van der Waals surface area contributed by atoms with Crippen LogP contribution in [0.15, 0.2) is 30.3 Å². The standard InChI is InChI=1S/C24H28O11/c1-30-12-7-17(32-3)20-13(26)9-15(33-18(20)8-12)11-4-5-14(16(6-11)31-2)34-24-23(29)22(28)21(27)19(10-25)35-24/h4-8,15,19,21-25,27-29H,9-10H2,1-3H3. The molecule has 11 nitrogen and oxygen atoms in total. The van der Waals surface area contributed by atoms with Crippen molar-refractivity contribution in [3.05, 3.63) is 41.5 Å². The third-order valence-corrected chi connectivity index (χ3v) is 6.07. The third kappa shape index (κ3) is 4.73. The highest BCUT2D eigenvalue weighted by Gasteiger charge is 2.45. The minimum atomic E-state index is -1.58. The summed E-state index contributed by atoms with van der Waals surface area (Å²) in [5.74, 6) is 1.45. The molecule has 0 saturated carbocycles. The molecule has 35 heavy (non-hydrogen) atoms. The van der Waals surface area contributed by atoms with Gasteiger partial charge in [-0.1, -0.05) is 6.07 Å². The SMILES string of the molecule is COc1cc(OC)c2c(c1)OC(c1ccc(OC3OC(CO)C(O)C(O)C3O)c(OC)c1)CC2=O. The van der Waals surface area contributed by atoms with E-state index in [-0.39, 0.29) is 23.7 Å². The zero-order valence-corrected chi connectivity index (χ0v) is 19.4. The first-order chi connectivity index (χ1) is 16.8. The third-order valence-electron chi connectivity index (χ3n) is 6.07. The Morgan fingerprint density at radius 3 is 2.31 bits per heavy atom. The number of benzene rings is 2. The van der Waals surface area contributed by atoms with E-state index in [1.807, 2.05) is 0 Å². The lowest BCUT2D eigenvalue weighted by Gasteiger charge is -2.39. The number of aliphatic hydroxyl groups is 4. The Morgan fingerprint density at radius 2 is 1.66 bits per heavy atom. The summed E-state index contributed by atoms with van der Waals surface area (Å²) in [7, 11) is 4.38. The minimum absolute atomic E-state index is 0.0613. The number of fused-ring (bicyclic) bond motifs is 1. The lowest BCUT2D eigenvalue weighted by atomic mass is 9.95. The summed E-state index contributed by atoms with van der Waals surface area (Å²) in [6.07, 6.45) is -7.69. The minimum Gasteiger partial charge on any atom is -0.496 e. The molecule has 2 heterocycles. The van der Waals surface area contributed by atoms with Crippen LogP contribution < -0.4 is 23.7 Å². The van der Waals surface area contributed by atoms with Gasteiger partial charge in [0, 0.05) is 12.1 Å². The van der Waals surface area contributed by atoms with E-state index in [4.69, 9.17) is 28.4 Å². The fourth-order valence-corrected chi connectivity index (χ4v) is 4.14. The Kier molecular flexibility index (Phi) is 7.33. The van der Waals surface area contributed by atoms with Gasteiger partial charge >= 0.3 is 0 Å². The van der Waals surface area contributed by atoms with Crippen LogP contribution in [0.3, 0.4) is 0 Å². The van der Waals surface area contributed by atoms with Crippen LogP contribution in [0, 0.1) is 0 Å². The van der Waals surface area contributed by atoms with Gasteiger partial charge in [-0.2, -0.15) is 0 Å². The van der Waals surface area contributed by atoms with Crippen LogP contribution >= 0.6 is 0 Å². The van der Waals surface area contributed by atoms with Gasteiger partial charge in [0.05, 0.1) is 34.4 Å². The van der Waals surface area contributed by atoms with Crippen LogP contribution in [-0.2, 0) is 4.74 Å². The second-order valence-electron chi connectivity index (χ2n) is 8.16. The number of methoxy groups -OCH3 is 3. The molecule has 11 heteroatoms. The molecule has 2 aromatic carbocycles. The quantitative estimate of drug-likeness (QED) is 0.430. The highest BCUT2D eigenvalue weighted by atomic mass is 16.7. The number of carbonyl (C=O) groups is 1. The number of rotatable bonds is 7. The van der Waals surface area contributed by atoms with Crippen molar-refractivity contribution in [2.45, 2.75) is 43.2 Å². The van der Waals surface area contributed by atoms with E-state index < -0.39 is 43.4 Å². The molecule has 4 N–H and O–H groups in total. The highest BCUT2D eigenvalue weighted by Crippen LogP contribution is 2.43. The molecular formula is C24H28O11. The van der Waals surface area contributed by atoms with Gasteiger partial charge in [0.1, 0.15) is 53.3 Å². The van der Waals surface area contributed by atoms with Crippen LogP contribution in [0.5, 0.6) is 28.7 Å². The molecule has 190 valence electrons. The largest absolute Gasteiger partial charge is 0.496 e. The van der Waals surface area contributed by atoms with Crippen molar-refractivity contribution in [3.63, 3.8) is 0 Å². The second kappa shape index (κ2) is 10.3. The predicted molar refractivity (Wildman–Crippen MR) is 119 cm³/mol. The summed E-state index contributed by atoms with van der Waals surface area (Å²) >= 11 is 0. The molecule has 6 atom stereocenters. The first-order valence-electron chi connectivity index (χ1n) is 10.9. The van der Waals surface area contributed by atoms with Gasteiger partial charge in [0.15, 0.2) is 17.3 Å². The average Bonchev–Trinajstić information content (AvgIpc) is 2.88. The van der Waals surface area contributed by atoms with Gasteiger partial charge in [-0.25, -0.2) is 0 Å². The summed E-state index contributed by atoms with van der Waals surface area (Å²) in [6, 6.07) is 8.08. The number of ketones is 1. The maximum absolute atomic E-state index is 12.9. The first-order valence-corrected chi connectivity index (χ1v) is 10.9. The number of hydrogen-bond acceptors (Lipinski definition) is 11. The Hall–Kier alpha value is -3.09. The maximum Gasteiger partial charge on any atom is 0.229 e. The number of Topliss-reactive ketones (excluding diaryl/α,β-unsaturated/α-hetero) is 1. The van der Waals surface area contributed by atoms with E-state index in [2.05, 4.69) is 0 Å². The molecule has 2 aromatic rings. The summed E-state index contributed by atoms with van der Waals surface area (Å²) < 4.78 is 33.2. The summed E-state index contributed by atoms with van der Waals surface area (Å²) in [5.41, 5.74) is 0.975. The Morgan fingerprint density at radius 1 is 0.914 bits per heavy atom. The van der Waals surface area contributed by atoms with Crippen LogP contribution in [0.2, 0.25) is 0 Å². The Bertz CT molecular complexity index is 1070. The van der Waals surface area contributed by atoms with E-state index in [0.717, 1.165) is 0 Å². The van der Waals surface area contributed by atoms with E-state index in [9.17, 15) is 25.2 Å². The molecule has 1 saturated heterocycles. The monoisotopic (exact) mass is 492 g/mol. The van der Waals surface area contributed by atoms with Crippen LogP contribution in [-0.4, -0.2) is 84.9 Å². The molecule has 0 bridgehead atoms. The fourth-order valence-electron chi connectivity index (χ4n) is 4.14. The number of carbonyl (C=O) groups excluding carboxylic acids is 1. The lowest BCUT2D eigenvalue weighted by molar-refractivity contribution is -0.277. The Labute approximate surface area is 201 Å². The van der Waals surface area contributed by atoms with Crippen molar-refractivity contribution >= 4 is 5.78 Å². The van der Waals surface area contributed by atoms with Gasteiger partial charge in [0.25, 0.3) is 0 Å². The average molecular weight is 492 g/mol. The number of ether oxygens (including phenoxy) is 6. The summed E-state index contributed by atoms with van der Waals surface area (Å²) in [5, 5.41) is 39.6. The number of aliphatic hydroxyl groups excluding tert-OH is 4. The molecule has 0 spiro atoms. The Balaban J connectivity index is 1.58. The predicted octanol–water partition coefficient (Wildman–Crippen LogP) is 0.598. The normalized spacial score (nSPS) is 28.0. The zero-order chi connectivity index (χ0) is 25.3. The molecular weight excluding hydrogens is 464 g/mol. The molecule has 4 rings (SSSR count). The van der Waals surface area contributed by atoms with E-state index in [0.29, 0.717) is 28.4 Å². The van der Waals surface area contributed by atoms with Crippen LogP contribution in [0.4, 0.5) is 0 Å². The molecule has 0 amide bonds. The van der Waals surface area contributed by atoms with E-state index in [1.165, 1.54) is 21.3 Å². The molecule has 0 radical (unpaired) electrons. The van der Waals surface area contributed by atoms with Gasteiger partial charge in [-0.05, 0) is 17.7 Å². The second-order valence-corrected chi connectivity index (χ2v) is 8.16. The topological polar surface area (TPSA) is 153 Å². The van der Waals surface area contributed by atoms with Crippen molar-refractivity contribution in [1.82, 2.24) is 0 Å². The molecule has 1 fully saturated rings. The van der Waals surface area contributed by atoms with Crippen molar-refractivity contribution < 1.29 is 53.6 Å². The van der Waals surface area contributed by atoms with E-state index >= 15 is 0 Å². The summed E-state index contributed by atoms with van der Waals surface area (Å²) in [6.45, 7) is -0.578. The van der Waals surface area contributed by atoms with Crippen LogP contribution in [0.25, 0.3) is 0 Å². The first kappa shape index (κ1) is 25.0. The van der Waals surface area contributed by atoms with Crippen molar-refractivity contribution in [2.75, 3.05) is 27.9 Å². The zero-order valence-electron chi connectivity index (χ0n) is 19.4. The summed E-state index contributed by atoms with van der Waals surface area (Å²) in [4.78, 5) is 12.9. The van der Waals surface area contributed by atoms with Gasteiger partial charge in [-0.3, -0.25) is 4.79 Å². The smallest absolute Gasteiger partial charge is 0.229 e. The molecule has 0 aromatic heterocycles. The van der Waals surface area contributed by atoms with Crippen molar-refractivity contribution in [1.29, 1.82) is 0 Å². The molecule has 6 unspecified atom stereocenters. The van der Waals surface area contributed by atoms with E-state index in [1.54, 1.807) is 30.3 Å². The molecule has 2 aliphatic heterocycles. The fraction of sp³-hybridized carbons (Fsp3) is 0.458. The number of hydrogen-bond donors (Lipinski definition) is 4. The van der Waals surface area contributed by atoms with Crippen molar-refractivity contribution in [2.24, 2.45) is 0 Å². The van der Waals surface area contributed by atoms with Gasteiger partial charge < -0.3 is 48.8 Å². The van der Waals surface area contributed by atoms with Gasteiger partial charge in [-0.15, -0.1) is 0 Å². The highest BCUT2D eigenvalue weighted by molar-refractivity contribution is 6.02. The maximum atomic E-state index is 12.9. The lowest BCUT2D eigenvalue weighted by Crippen LogP contribution is -2.60. The molecule has 0 aliphatic carbocycles.